The Hall–Kier alpha value is -2.80. The van der Waals surface area contributed by atoms with E-state index >= 15 is 0 Å². The number of nitrogens with zero attached hydrogens (tertiary/aromatic N) is 4. The van der Waals surface area contributed by atoms with Gasteiger partial charge in [-0.25, -0.2) is 0 Å². The highest BCUT2D eigenvalue weighted by Gasteiger charge is 2.12. The number of hydrogen-bond acceptors (Lipinski definition) is 6. The van der Waals surface area contributed by atoms with E-state index in [1.165, 1.54) is 17.3 Å². The van der Waals surface area contributed by atoms with Gasteiger partial charge < -0.3 is 9.47 Å². The van der Waals surface area contributed by atoms with E-state index < -0.39 is 0 Å². The van der Waals surface area contributed by atoms with Gasteiger partial charge in [-0.05, 0) is 30.9 Å². The van der Waals surface area contributed by atoms with E-state index in [0.29, 0.717) is 18.1 Å². The molecule has 0 radical (unpaired) electrons. The molecule has 0 fully saturated rings. The van der Waals surface area contributed by atoms with Gasteiger partial charge in [0.2, 0.25) is 5.16 Å². The van der Waals surface area contributed by atoms with Gasteiger partial charge in [0.15, 0.2) is 17.3 Å². The lowest BCUT2D eigenvalue weighted by Crippen LogP contribution is -2.03. The Bertz CT molecular complexity index is 947. The maximum absolute atomic E-state index is 6.12. The van der Waals surface area contributed by atoms with Crippen LogP contribution in [0.1, 0.15) is 29.4 Å². The molecule has 0 unspecified atom stereocenters. The van der Waals surface area contributed by atoms with Crippen LogP contribution < -0.4 is 9.47 Å². The second-order valence-corrected chi connectivity index (χ2v) is 6.94. The average Bonchev–Trinajstić information content (AvgIpc) is 3.12. The van der Waals surface area contributed by atoms with Crippen molar-refractivity contribution in [2.45, 2.75) is 32.0 Å². The molecule has 0 aliphatic heterocycles. The first-order valence-electron chi connectivity index (χ1n) is 9.04. The number of aromatic nitrogens is 3. The number of hydrogen-bond donors (Lipinski definition) is 0. The summed E-state index contributed by atoms with van der Waals surface area (Å²) in [5.74, 6) is 2.14. The minimum atomic E-state index is 0.450. The zero-order valence-corrected chi connectivity index (χ0v) is 17.4. The third-order valence-electron chi connectivity index (χ3n) is 4.18. The molecular weight excluding hydrogens is 372 g/mol. The third-order valence-corrected chi connectivity index (χ3v) is 4.80. The molecule has 0 amide bonds. The molecule has 0 atom stereocenters. The fourth-order valence-corrected chi connectivity index (χ4v) is 3.23. The molecule has 1 heterocycles. The van der Waals surface area contributed by atoms with E-state index in [2.05, 4.69) is 34.4 Å². The first-order chi connectivity index (χ1) is 13.7. The summed E-state index contributed by atoms with van der Waals surface area (Å²) in [6.45, 7) is 4.55. The molecule has 6 nitrogen and oxygen atoms in total. The molecule has 0 aliphatic carbocycles. The van der Waals surface area contributed by atoms with Crippen LogP contribution in [0.25, 0.3) is 0 Å². The highest BCUT2D eigenvalue weighted by molar-refractivity contribution is 7.98. The van der Waals surface area contributed by atoms with Gasteiger partial charge in [0.05, 0.1) is 13.3 Å². The molecule has 3 rings (SSSR count). The first-order valence-corrected chi connectivity index (χ1v) is 10.3. The summed E-state index contributed by atoms with van der Waals surface area (Å²) in [5.41, 5.74) is 3.13. The van der Waals surface area contributed by atoms with Gasteiger partial charge in [-0.1, -0.05) is 54.6 Å². The SMILES string of the molecule is CCc1nnc(SC)n1/N=C\c1cccc(OC)c1OCc1cccc(C)c1. The van der Waals surface area contributed by atoms with Gasteiger partial charge in [-0.15, -0.1) is 10.2 Å². The van der Waals surface area contributed by atoms with Gasteiger partial charge in [-0.3, -0.25) is 0 Å². The number of para-hydroxylation sites is 1. The quantitative estimate of drug-likeness (QED) is 0.419. The fraction of sp³-hybridized carbons (Fsp3) is 0.286. The van der Waals surface area contributed by atoms with Crippen molar-refractivity contribution in [3.8, 4) is 11.5 Å². The average molecular weight is 397 g/mol. The number of aryl methyl sites for hydroxylation is 2. The first kappa shape index (κ1) is 19.9. The van der Waals surface area contributed by atoms with Crippen LogP contribution in [0.3, 0.4) is 0 Å². The van der Waals surface area contributed by atoms with Crippen LogP contribution in [0.2, 0.25) is 0 Å². The van der Waals surface area contributed by atoms with Crippen LogP contribution >= 0.6 is 11.8 Å². The summed E-state index contributed by atoms with van der Waals surface area (Å²) in [6, 6.07) is 14.0. The largest absolute Gasteiger partial charge is 0.493 e. The van der Waals surface area contributed by atoms with Crippen molar-refractivity contribution in [1.82, 2.24) is 14.9 Å². The van der Waals surface area contributed by atoms with Gasteiger partial charge in [0.1, 0.15) is 6.61 Å². The summed E-state index contributed by atoms with van der Waals surface area (Å²) in [4.78, 5) is 0. The zero-order chi connectivity index (χ0) is 19.9. The van der Waals surface area contributed by atoms with Gasteiger partial charge in [0, 0.05) is 12.0 Å². The second kappa shape index (κ2) is 9.41. The molecule has 1 aromatic heterocycles. The Labute approximate surface area is 169 Å². The predicted octanol–water partition coefficient (Wildman–Crippen LogP) is 4.34. The van der Waals surface area contributed by atoms with E-state index in [1.807, 2.05) is 43.5 Å². The van der Waals surface area contributed by atoms with Crippen molar-refractivity contribution in [1.29, 1.82) is 0 Å². The summed E-state index contributed by atoms with van der Waals surface area (Å²) < 4.78 is 13.4. The molecule has 0 aliphatic rings. The highest BCUT2D eigenvalue weighted by Crippen LogP contribution is 2.31. The minimum Gasteiger partial charge on any atom is -0.493 e. The molecule has 0 saturated heterocycles. The van der Waals surface area contributed by atoms with Crippen LogP contribution in [0, 0.1) is 6.92 Å². The van der Waals surface area contributed by atoms with Crippen LogP contribution in [0.4, 0.5) is 0 Å². The number of methoxy groups -OCH3 is 1. The maximum Gasteiger partial charge on any atom is 0.211 e. The summed E-state index contributed by atoms with van der Waals surface area (Å²) in [5, 5.41) is 13.7. The molecular formula is C21H24N4O2S. The Morgan fingerprint density at radius 1 is 1.18 bits per heavy atom. The minimum absolute atomic E-state index is 0.450. The Kier molecular flexibility index (Phi) is 6.71. The van der Waals surface area contributed by atoms with Crippen molar-refractivity contribution in [2.24, 2.45) is 5.10 Å². The zero-order valence-electron chi connectivity index (χ0n) is 16.5. The molecule has 0 spiro atoms. The van der Waals surface area contributed by atoms with E-state index in [4.69, 9.17) is 9.47 Å². The lowest BCUT2D eigenvalue weighted by molar-refractivity contribution is 0.284. The fourth-order valence-electron chi connectivity index (χ4n) is 2.79. The smallest absolute Gasteiger partial charge is 0.211 e. The van der Waals surface area contributed by atoms with E-state index in [9.17, 15) is 0 Å². The van der Waals surface area contributed by atoms with E-state index in [1.54, 1.807) is 18.0 Å². The number of rotatable bonds is 8. The molecule has 0 N–H and O–H groups in total. The van der Waals surface area contributed by atoms with Crippen LogP contribution in [0.5, 0.6) is 11.5 Å². The molecule has 28 heavy (non-hydrogen) atoms. The van der Waals surface area contributed by atoms with Gasteiger partial charge >= 0.3 is 0 Å². The van der Waals surface area contributed by atoms with Crippen molar-refractivity contribution in [3.05, 3.63) is 65.0 Å². The van der Waals surface area contributed by atoms with E-state index in [0.717, 1.165) is 28.5 Å². The van der Waals surface area contributed by atoms with Crippen LogP contribution in [0.15, 0.2) is 52.7 Å². The van der Waals surface area contributed by atoms with E-state index in [-0.39, 0.29) is 0 Å². The van der Waals surface area contributed by atoms with Crippen LogP contribution in [-0.2, 0) is 13.0 Å². The molecule has 0 saturated carbocycles. The standard InChI is InChI=1S/C21H24N4O2S/c1-5-19-23-24-21(28-4)25(19)22-13-17-10-7-11-18(26-3)20(17)27-14-16-9-6-8-15(2)12-16/h6-13H,5,14H2,1-4H3/b22-13-. The number of benzene rings is 2. The molecule has 7 heteroatoms. The number of thioether (sulfide) groups is 1. The van der Waals surface area contributed by atoms with Crippen molar-refractivity contribution in [2.75, 3.05) is 13.4 Å². The summed E-state index contributed by atoms with van der Waals surface area (Å²) in [7, 11) is 1.64. The third kappa shape index (κ3) is 4.54. The second-order valence-electron chi connectivity index (χ2n) is 6.17. The predicted molar refractivity (Wildman–Crippen MR) is 113 cm³/mol. The molecule has 3 aromatic rings. The Morgan fingerprint density at radius 2 is 2.00 bits per heavy atom. The maximum atomic E-state index is 6.12. The lowest BCUT2D eigenvalue weighted by atomic mass is 10.1. The normalized spacial score (nSPS) is 11.1. The van der Waals surface area contributed by atoms with Crippen LogP contribution in [-0.4, -0.2) is 34.5 Å². The molecule has 0 bridgehead atoms. The van der Waals surface area contributed by atoms with Crippen molar-refractivity contribution < 1.29 is 9.47 Å². The topological polar surface area (TPSA) is 61.5 Å². The molecule has 2 aromatic carbocycles. The lowest BCUT2D eigenvalue weighted by Gasteiger charge is -2.13. The van der Waals surface area contributed by atoms with Crippen molar-refractivity contribution in [3.63, 3.8) is 0 Å². The number of ether oxygens (including phenoxy) is 2. The van der Waals surface area contributed by atoms with Gasteiger partial charge in [0.25, 0.3) is 0 Å². The highest BCUT2D eigenvalue weighted by atomic mass is 32.2. The van der Waals surface area contributed by atoms with Gasteiger partial charge in [-0.2, -0.15) is 9.78 Å². The Morgan fingerprint density at radius 3 is 2.71 bits per heavy atom. The monoisotopic (exact) mass is 396 g/mol. The summed E-state index contributed by atoms with van der Waals surface area (Å²) in [6.07, 6.45) is 4.47. The van der Waals surface area contributed by atoms with Crippen molar-refractivity contribution >= 4 is 18.0 Å². The Balaban J connectivity index is 1.90. The summed E-state index contributed by atoms with van der Waals surface area (Å²) >= 11 is 1.51. The molecule has 146 valence electrons.